The standard InChI is InChI=1S/C10H17N3O2/c1-5(11)10(14)12-6(2)9-7(3)13-15-8(9)4/h5-6H,11H2,1-4H3,(H,12,14)/t5-,6?/m0/s1. The Morgan fingerprint density at radius 1 is 1.47 bits per heavy atom. The zero-order valence-corrected chi connectivity index (χ0v) is 9.50. The minimum Gasteiger partial charge on any atom is -0.361 e. The molecule has 84 valence electrons. The van der Waals surface area contributed by atoms with Gasteiger partial charge in [-0.2, -0.15) is 0 Å². The van der Waals surface area contributed by atoms with E-state index in [9.17, 15) is 4.79 Å². The Balaban J connectivity index is 2.77. The predicted octanol–water partition coefficient (Wildman–Crippen LogP) is 0.816. The number of hydrogen-bond donors (Lipinski definition) is 2. The molecule has 0 saturated heterocycles. The molecule has 0 saturated carbocycles. The van der Waals surface area contributed by atoms with E-state index in [1.54, 1.807) is 6.92 Å². The fourth-order valence-electron chi connectivity index (χ4n) is 1.53. The van der Waals surface area contributed by atoms with Crippen molar-refractivity contribution in [2.24, 2.45) is 5.73 Å². The van der Waals surface area contributed by atoms with Gasteiger partial charge in [0.2, 0.25) is 5.91 Å². The number of nitrogens with two attached hydrogens (primary N) is 1. The summed E-state index contributed by atoms with van der Waals surface area (Å²) in [5, 5.41) is 6.63. The molecular weight excluding hydrogens is 194 g/mol. The molecule has 0 aliphatic carbocycles. The van der Waals surface area contributed by atoms with Crippen LogP contribution in [-0.4, -0.2) is 17.1 Å². The Morgan fingerprint density at radius 2 is 2.07 bits per heavy atom. The fraction of sp³-hybridized carbons (Fsp3) is 0.600. The number of nitrogens with zero attached hydrogens (tertiary/aromatic N) is 1. The first-order valence-electron chi connectivity index (χ1n) is 4.92. The summed E-state index contributed by atoms with van der Waals surface area (Å²) in [6.45, 7) is 7.20. The molecule has 1 heterocycles. The first kappa shape index (κ1) is 11.7. The van der Waals surface area contributed by atoms with Gasteiger partial charge < -0.3 is 15.6 Å². The van der Waals surface area contributed by atoms with E-state index in [1.807, 2.05) is 20.8 Å². The molecule has 0 aliphatic rings. The first-order valence-corrected chi connectivity index (χ1v) is 4.92. The second-order valence-corrected chi connectivity index (χ2v) is 3.76. The number of carbonyl (C=O) groups is 1. The van der Waals surface area contributed by atoms with Crippen molar-refractivity contribution in [2.75, 3.05) is 0 Å². The Labute approximate surface area is 89.0 Å². The highest BCUT2D eigenvalue weighted by molar-refractivity contribution is 5.81. The van der Waals surface area contributed by atoms with Crippen molar-refractivity contribution < 1.29 is 9.32 Å². The lowest BCUT2D eigenvalue weighted by molar-refractivity contribution is -0.122. The molecule has 1 aromatic rings. The zero-order chi connectivity index (χ0) is 11.6. The van der Waals surface area contributed by atoms with E-state index < -0.39 is 6.04 Å². The Kier molecular flexibility index (Phi) is 3.47. The normalized spacial score (nSPS) is 14.7. The Bertz CT molecular complexity index is 338. The van der Waals surface area contributed by atoms with Crippen LogP contribution in [0.15, 0.2) is 4.52 Å². The van der Waals surface area contributed by atoms with Gasteiger partial charge in [0.05, 0.1) is 17.8 Å². The fourth-order valence-corrected chi connectivity index (χ4v) is 1.53. The Morgan fingerprint density at radius 3 is 2.47 bits per heavy atom. The lowest BCUT2D eigenvalue weighted by Gasteiger charge is -2.15. The van der Waals surface area contributed by atoms with E-state index in [2.05, 4.69) is 10.5 Å². The van der Waals surface area contributed by atoms with Crippen molar-refractivity contribution in [1.29, 1.82) is 0 Å². The van der Waals surface area contributed by atoms with Gasteiger partial charge in [-0.05, 0) is 27.7 Å². The van der Waals surface area contributed by atoms with Gasteiger partial charge in [0.25, 0.3) is 0 Å². The average molecular weight is 211 g/mol. The monoisotopic (exact) mass is 211 g/mol. The van der Waals surface area contributed by atoms with Crippen molar-refractivity contribution in [1.82, 2.24) is 10.5 Å². The molecule has 1 unspecified atom stereocenters. The summed E-state index contributed by atoms with van der Waals surface area (Å²) in [5.74, 6) is 0.549. The summed E-state index contributed by atoms with van der Waals surface area (Å²) in [5.41, 5.74) is 7.18. The van der Waals surface area contributed by atoms with Gasteiger partial charge >= 0.3 is 0 Å². The number of rotatable bonds is 3. The second kappa shape index (κ2) is 4.44. The highest BCUT2D eigenvalue weighted by Gasteiger charge is 2.19. The Hall–Kier alpha value is -1.36. The van der Waals surface area contributed by atoms with Gasteiger partial charge in [-0.1, -0.05) is 5.16 Å². The van der Waals surface area contributed by atoms with Gasteiger partial charge in [0, 0.05) is 5.56 Å². The summed E-state index contributed by atoms with van der Waals surface area (Å²) in [4.78, 5) is 11.4. The van der Waals surface area contributed by atoms with Crippen LogP contribution < -0.4 is 11.1 Å². The second-order valence-electron chi connectivity index (χ2n) is 3.76. The smallest absolute Gasteiger partial charge is 0.237 e. The topological polar surface area (TPSA) is 81.2 Å². The molecule has 1 rings (SSSR count). The quantitative estimate of drug-likeness (QED) is 0.775. The molecule has 15 heavy (non-hydrogen) atoms. The SMILES string of the molecule is Cc1noc(C)c1C(C)NC(=O)[C@H](C)N. The number of aryl methyl sites for hydroxylation is 2. The summed E-state index contributed by atoms with van der Waals surface area (Å²) in [6, 6.07) is -0.636. The molecule has 5 nitrogen and oxygen atoms in total. The molecule has 2 atom stereocenters. The van der Waals surface area contributed by atoms with Crippen molar-refractivity contribution in [3.63, 3.8) is 0 Å². The first-order chi connectivity index (χ1) is 6.93. The number of aromatic nitrogens is 1. The van der Waals surface area contributed by atoms with Crippen LogP contribution in [0.1, 0.15) is 36.9 Å². The third kappa shape index (κ3) is 2.56. The van der Waals surface area contributed by atoms with E-state index in [0.717, 1.165) is 17.0 Å². The highest BCUT2D eigenvalue weighted by Crippen LogP contribution is 2.20. The van der Waals surface area contributed by atoms with E-state index in [4.69, 9.17) is 10.3 Å². The minimum absolute atomic E-state index is 0.130. The van der Waals surface area contributed by atoms with Gasteiger partial charge in [-0.15, -0.1) is 0 Å². The van der Waals surface area contributed by atoms with Crippen molar-refractivity contribution in [3.05, 3.63) is 17.0 Å². The van der Waals surface area contributed by atoms with Crippen molar-refractivity contribution in [2.45, 2.75) is 39.8 Å². The third-order valence-electron chi connectivity index (χ3n) is 2.29. The van der Waals surface area contributed by atoms with Gasteiger partial charge in [0.15, 0.2) is 0 Å². The zero-order valence-electron chi connectivity index (χ0n) is 9.50. The van der Waals surface area contributed by atoms with Crippen LogP contribution in [0.4, 0.5) is 0 Å². The van der Waals surface area contributed by atoms with Gasteiger partial charge in [0.1, 0.15) is 5.76 Å². The van der Waals surface area contributed by atoms with E-state index >= 15 is 0 Å². The third-order valence-corrected chi connectivity index (χ3v) is 2.29. The molecule has 0 spiro atoms. The molecular formula is C10H17N3O2. The highest BCUT2D eigenvalue weighted by atomic mass is 16.5. The van der Waals surface area contributed by atoms with E-state index in [0.29, 0.717) is 0 Å². The molecule has 1 aromatic heterocycles. The van der Waals surface area contributed by atoms with E-state index in [1.165, 1.54) is 0 Å². The van der Waals surface area contributed by atoms with E-state index in [-0.39, 0.29) is 11.9 Å². The van der Waals surface area contributed by atoms with Crippen LogP contribution in [0.25, 0.3) is 0 Å². The van der Waals surface area contributed by atoms with Gasteiger partial charge in [-0.3, -0.25) is 4.79 Å². The average Bonchev–Trinajstić information content (AvgIpc) is 2.45. The van der Waals surface area contributed by atoms with Gasteiger partial charge in [-0.25, -0.2) is 0 Å². The molecule has 3 N–H and O–H groups in total. The summed E-state index contributed by atoms with van der Waals surface area (Å²) < 4.78 is 5.03. The number of carbonyl (C=O) groups excluding carboxylic acids is 1. The number of nitrogens with one attached hydrogen (secondary N) is 1. The largest absolute Gasteiger partial charge is 0.361 e. The molecule has 0 radical (unpaired) electrons. The number of amides is 1. The minimum atomic E-state index is -0.507. The molecule has 0 bridgehead atoms. The maximum Gasteiger partial charge on any atom is 0.237 e. The van der Waals surface area contributed by atoms with Crippen LogP contribution in [-0.2, 0) is 4.79 Å². The van der Waals surface area contributed by atoms with Crippen LogP contribution >= 0.6 is 0 Å². The molecule has 0 fully saturated rings. The molecule has 0 aliphatic heterocycles. The maximum absolute atomic E-state index is 11.4. The van der Waals surface area contributed by atoms with Crippen LogP contribution in [0, 0.1) is 13.8 Å². The lowest BCUT2D eigenvalue weighted by Crippen LogP contribution is -2.39. The van der Waals surface area contributed by atoms with Crippen molar-refractivity contribution in [3.8, 4) is 0 Å². The maximum atomic E-state index is 11.4. The number of hydrogen-bond acceptors (Lipinski definition) is 4. The molecule has 0 aromatic carbocycles. The summed E-state index contributed by atoms with van der Waals surface area (Å²) in [6.07, 6.45) is 0. The molecule has 5 heteroatoms. The van der Waals surface area contributed by atoms with Crippen LogP contribution in [0.5, 0.6) is 0 Å². The molecule has 1 amide bonds. The predicted molar refractivity (Wildman–Crippen MR) is 56.2 cm³/mol. The van der Waals surface area contributed by atoms with Crippen molar-refractivity contribution >= 4 is 5.91 Å². The van der Waals surface area contributed by atoms with Crippen LogP contribution in [0.2, 0.25) is 0 Å². The van der Waals surface area contributed by atoms with Crippen LogP contribution in [0.3, 0.4) is 0 Å². The summed E-state index contributed by atoms with van der Waals surface area (Å²) in [7, 11) is 0. The summed E-state index contributed by atoms with van der Waals surface area (Å²) >= 11 is 0. The lowest BCUT2D eigenvalue weighted by atomic mass is 10.1.